The zero-order valence-corrected chi connectivity index (χ0v) is 17.1. The van der Waals surface area contributed by atoms with Crippen LogP contribution in [0.4, 0.5) is 10.5 Å². The summed E-state index contributed by atoms with van der Waals surface area (Å²) in [7, 11) is 3.88. The first-order valence-electron chi connectivity index (χ1n) is 9.19. The molecule has 7 heteroatoms. The number of carbonyl (C=O) groups is 2. The molecule has 2 aromatic rings. The normalized spacial score (nSPS) is 12.5. The van der Waals surface area contributed by atoms with Gasteiger partial charge in [0.25, 0.3) is 0 Å². The topological polar surface area (TPSA) is 83.8 Å². The molecule has 2 amide bonds. The maximum atomic E-state index is 12.3. The van der Waals surface area contributed by atoms with Crippen LogP contribution in [0.5, 0.6) is 0 Å². The largest absolute Gasteiger partial charge is 0.468 e. The molecule has 0 saturated heterocycles. The van der Waals surface area contributed by atoms with Crippen molar-refractivity contribution in [2.24, 2.45) is 0 Å². The second-order valence-electron chi connectivity index (χ2n) is 7.80. The lowest BCUT2D eigenvalue weighted by molar-refractivity contribution is -0.120. The predicted molar refractivity (Wildman–Crippen MR) is 108 cm³/mol. The number of amides is 2. The molecule has 0 unspecified atom stereocenters. The van der Waals surface area contributed by atoms with Crippen LogP contribution in [0.1, 0.15) is 38.1 Å². The Balaban J connectivity index is 1.84. The van der Waals surface area contributed by atoms with Gasteiger partial charge in [0, 0.05) is 12.2 Å². The molecule has 1 atom stereocenters. The quantitative estimate of drug-likeness (QED) is 0.759. The van der Waals surface area contributed by atoms with Crippen LogP contribution in [0.2, 0.25) is 0 Å². The van der Waals surface area contributed by atoms with Crippen molar-refractivity contribution in [1.29, 1.82) is 0 Å². The molecule has 28 heavy (non-hydrogen) atoms. The third kappa shape index (κ3) is 7.08. The first-order chi connectivity index (χ1) is 13.1. The molecule has 1 heterocycles. The summed E-state index contributed by atoms with van der Waals surface area (Å²) in [5, 5.41) is 5.61. The highest BCUT2D eigenvalue weighted by atomic mass is 16.6. The molecule has 0 spiro atoms. The van der Waals surface area contributed by atoms with Gasteiger partial charge in [0.05, 0.1) is 18.7 Å². The summed E-state index contributed by atoms with van der Waals surface area (Å²) in [6.07, 6.45) is 1.37. The van der Waals surface area contributed by atoms with Crippen LogP contribution in [0.3, 0.4) is 0 Å². The Morgan fingerprint density at radius 1 is 1.14 bits per heavy atom. The van der Waals surface area contributed by atoms with E-state index in [1.165, 1.54) is 0 Å². The maximum absolute atomic E-state index is 12.3. The van der Waals surface area contributed by atoms with E-state index in [9.17, 15) is 9.59 Å². The van der Waals surface area contributed by atoms with Crippen molar-refractivity contribution >= 4 is 17.7 Å². The third-order valence-electron chi connectivity index (χ3n) is 3.95. The van der Waals surface area contributed by atoms with E-state index in [0.29, 0.717) is 12.2 Å². The van der Waals surface area contributed by atoms with E-state index in [0.717, 1.165) is 11.3 Å². The molecule has 0 aliphatic rings. The van der Waals surface area contributed by atoms with Gasteiger partial charge in [0.15, 0.2) is 0 Å². The lowest BCUT2D eigenvalue weighted by Gasteiger charge is -2.22. The Morgan fingerprint density at radius 3 is 2.36 bits per heavy atom. The van der Waals surface area contributed by atoms with E-state index in [1.807, 2.05) is 43.3 Å². The number of anilines is 1. The highest BCUT2D eigenvalue weighted by Crippen LogP contribution is 2.18. The van der Waals surface area contributed by atoms with Gasteiger partial charge in [-0.3, -0.25) is 15.0 Å². The summed E-state index contributed by atoms with van der Waals surface area (Å²) < 4.78 is 10.7. The molecule has 2 rings (SSSR count). The number of nitrogens with zero attached hydrogens (tertiary/aromatic N) is 1. The van der Waals surface area contributed by atoms with Crippen LogP contribution in [-0.4, -0.2) is 43.1 Å². The van der Waals surface area contributed by atoms with Gasteiger partial charge in [-0.25, -0.2) is 4.79 Å². The molecule has 7 nitrogen and oxygen atoms in total. The molecule has 0 fully saturated rings. The van der Waals surface area contributed by atoms with E-state index >= 15 is 0 Å². The van der Waals surface area contributed by atoms with Gasteiger partial charge >= 0.3 is 6.09 Å². The number of nitrogens with one attached hydrogen (secondary N) is 2. The fourth-order valence-electron chi connectivity index (χ4n) is 2.60. The van der Waals surface area contributed by atoms with Gasteiger partial charge < -0.3 is 14.5 Å². The van der Waals surface area contributed by atoms with E-state index in [-0.39, 0.29) is 18.4 Å². The van der Waals surface area contributed by atoms with Gasteiger partial charge in [-0.2, -0.15) is 0 Å². The first-order valence-corrected chi connectivity index (χ1v) is 9.19. The average Bonchev–Trinajstić information content (AvgIpc) is 3.09. The Hall–Kier alpha value is -2.80. The SMILES string of the molecule is CN(C)[C@H](CNC(=O)Cc1ccc(NC(=O)OC(C)(C)C)cc1)c1ccco1. The molecule has 0 bridgehead atoms. The van der Waals surface area contributed by atoms with E-state index in [4.69, 9.17) is 9.15 Å². The smallest absolute Gasteiger partial charge is 0.412 e. The number of rotatable bonds is 7. The van der Waals surface area contributed by atoms with Crippen molar-refractivity contribution in [3.63, 3.8) is 0 Å². The third-order valence-corrected chi connectivity index (χ3v) is 3.95. The molecule has 0 radical (unpaired) electrons. The Labute approximate surface area is 166 Å². The van der Waals surface area contributed by atoms with Gasteiger partial charge in [-0.15, -0.1) is 0 Å². The Bertz CT molecular complexity index is 762. The molecule has 0 aliphatic heterocycles. The zero-order chi connectivity index (χ0) is 20.7. The molecule has 1 aromatic carbocycles. The van der Waals surface area contributed by atoms with Crippen LogP contribution in [-0.2, 0) is 16.0 Å². The monoisotopic (exact) mass is 387 g/mol. The minimum Gasteiger partial charge on any atom is -0.468 e. The minimum atomic E-state index is -0.553. The maximum Gasteiger partial charge on any atom is 0.412 e. The van der Waals surface area contributed by atoms with Crippen LogP contribution in [0.25, 0.3) is 0 Å². The predicted octanol–water partition coefficient (Wildman–Crippen LogP) is 3.59. The summed E-state index contributed by atoms with van der Waals surface area (Å²) in [6.45, 7) is 5.88. The number of likely N-dealkylation sites (N-methyl/N-ethyl adjacent to an activating group) is 1. The molecular formula is C21H29N3O4. The molecular weight excluding hydrogens is 358 g/mol. The number of ether oxygens (including phenoxy) is 1. The zero-order valence-electron chi connectivity index (χ0n) is 17.1. The van der Waals surface area contributed by atoms with E-state index in [2.05, 4.69) is 10.6 Å². The van der Waals surface area contributed by atoms with E-state index < -0.39 is 11.7 Å². The van der Waals surface area contributed by atoms with Crippen molar-refractivity contribution in [1.82, 2.24) is 10.2 Å². The molecule has 152 valence electrons. The molecule has 2 N–H and O–H groups in total. The van der Waals surface area contributed by atoms with Gasteiger partial charge in [0.2, 0.25) is 5.91 Å². The first kappa shape index (κ1) is 21.5. The van der Waals surface area contributed by atoms with E-state index in [1.54, 1.807) is 39.2 Å². The van der Waals surface area contributed by atoms with Gasteiger partial charge in [0.1, 0.15) is 11.4 Å². The summed E-state index contributed by atoms with van der Waals surface area (Å²) in [5.41, 5.74) is 0.915. The summed E-state index contributed by atoms with van der Waals surface area (Å²) in [5.74, 6) is 0.731. The fraction of sp³-hybridized carbons (Fsp3) is 0.429. The Morgan fingerprint density at radius 2 is 1.82 bits per heavy atom. The summed E-state index contributed by atoms with van der Waals surface area (Å²) >= 11 is 0. The highest BCUT2D eigenvalue weighted by Gasteiger charge is 2.18. The average molecular weight is 387 g/mol. The molecule has 0 saturated carbocycles. The number of hydrogen-bond donors (Lipinski definition) is 2. The number of benzene rings is 1. The molecule has 0 aliphatic carbocycles. The van der Waals surface area contributed by atoms with Crippen molar-refractivity contribution < 1.29 is 18.7 Å². The fourth-order valence-corrected chi connectivity index (χ4v) is 2.60. The van der Waals surface area contributed by atoms with Crippen LogP contribution in [0.15, 0.2) is 47.1 Å². The lowest BCUT2D eigenvalue weighted by atomic mass is 10.1. The number of hydrogen-bond acceptors (Lipinski definition) is 5. The van der Waals surface area contributed by atoms with Crippen molar-refractivity contribution in [2.45, 2.75) is 38.8 Å². The highest BCUT2D eigenvalue weighted by molar-refractivity contribution is 5.85. The van der Waals surface area contributed by atoms with Crippen LogP contribution >= 0.6 is 0 Å². The van der Waals surface area contributed by atoms with Gasteiger partial charge in [-0.05, 0) is 64.7 Å². The number of furan rings is 1. The van der Waals surface area contributed by atoms with Crippen molar-refractivity contribution in [3.05, 3.63) is 54.0 Å². The van der Waals surface area contributed by atoms with Crippen LogP contribution in [0, 0.1) is 0 Å². The standard InChI is InChI=1S/C21H29N3O4/c1-21(2,3)28-20(26)23-16-10-8-15(9-11-16)13-19(25)22-14-17(24(4)5)18-7-6-12-27-18/h6-12,17H,13-14H2,1-5H3,(H,22,25)(H,23,26)/t17-/m1/s1. The van der Waals surface area contributed by atoms with Crippen molar-refractivity contribution in [3.8, 4) is 0 Å². The van der Waals surface area contributed by atoms with Crippen molar-refractivity contribution in [2.75, 3.05) is 26.0 Å². The number of carbonyl (C=O) groups excluding carboxylic acids is 2. The summed E-state index contributed by atoms with van der Waals surface area (Å²) in [4.78, 5) is 26.1. The summed E-state index contributed by atoms with van der Waals surface area (Å²) in [6, 6.07) is 10.8. The minimum absolute atomic E-state index is 0.0284. The van der Waals surface area contributed by atoms with Gasteiger partial charge in [-0.1, -0.05) is 12.1 Å². The van der Waals surface area contributed by atoms with Crippen LogP contribution < -0.4 is 10.6 Å². The molecule has 1 aromatic heterocycles. The second kappa shape index (κ2) is 9.41. The second-order valence-corrected chi connectivity index (χ2v) is 7.80. The Kier molecular flexibility index (Phi) is 7.23. The lowest BCUT2D eigenvalue weighted by Crippen LogP contribution is -2.35.